The molecule has 1 aromatic rings. The van der Waals surface area contributed by atoms with Gasteiger partial charge in [-0.15, -0.1) is 0 Å². The van der Waals surface area contributed by atoms with Crippen LogP contribution < -0.4 is 0 Å². The Balaban J connectivity index is 1.81. The minimum Gasteiger partial charge on any atom is -0.387 e. The molecule has 9 nitrogen and oxygen atoms in total. The van der Waals surface area contributed by atoms with Gasteiger partial charge in [0.15, 0.2) is 12.6 Å². The number of aliphatic hydroxyl groups is 2. The Morgan fingerprint density at radius 1 is 1.26 bits per heavy atom. The molecule has 6 atom stereocenters. The number of methoxy groups -OCH3 is 1. The van der Waals surface area contributed by atoms with Crippen molar-refractivity contribution >= 4 is 5.69 Å². The first-order valence-corrected chi connectivity index (χ1v) is 7.07. The van der Waals surface area contributed by atoms with E-state index in [1.165, 1.54) is 19.2 Å². The number of ether oxygens (including phenoxy) is 4. The van der Waals surface area contributed by atoms with Gasteiger partial charge < -0.3 is 29.2 Å². The molecule has 0 aliphatic carbocycles. The van der Waals surface area contributed by atoms with E-state index in [9.17, 15) is 20.3 Å². The zero-order valence-corrected chi connectivity index (χ0v) is 12.3. The van der Waals surface area contributed by atoms with Crippen molar-refractivity contribution in [3.8, 4) is 0 Å². The van der Waals surface area contributed by atoms with Crippen molar-refractivity contribution in [2.24, 2.45) is 0 Å². The molecular weight excluding hydrogens is 310 g/mol. The van der Waals surface area contributed by atoms with Gasteiger partial charge >= 0.3 is 0 Å². The molecule has 0 saturated carbocycles. The van der Waals surface area contributed by atoms with E-state index in [1.54, 1.807) is 12.1 Å². The summed E-state index contributed by atoms with van der Waals surface area (Å²) in [4.78, 5) is 10.6. The predicted molar refractivity (Wildman–Crippen MR) is 74.3 cm³/mol. The minimum absolute atomic E-state index is 0.0466. The molecule has 2 fully saturated rings. The van der Waals surface area contributed by atoms with Crippen molar-refractivity contribution in [2.75, 3.05) is 13.7 Å². The van der Waals surface area contributed by atoms with Crippen molar-refractivity contribution in [2.45, 2.75) is 37.0 Å². The Bertz CT molecular complexity index is 580. The van der Waals surface area contributed by atoms with Crippen LogP contribution in [-0.2, 0) is 18.9 Å². The number of hydrogen-bond acceptors (Lipinski definition) is 8. The predicted octanol–water partition coefficient (Wildman–Crippen LogP) is 0.102. The number of aliphatic hydroxyl groups excluding tert-OH is 2. The highest BCUT2D eigenvalue weighted by Crippen LogP contribution is 2.37. The normalized spacial score (nSPS) is 37.2. The molecule has 0 spiro atoms. The third-order valence-corrected chi connectivity index (χ3v) is 3.95. The van der Waals surface area contributed by atoms with Crippen molar-refractivity contribution < 1.29 is 34.1 Å². The molecule has 1 unspecified atom stereocenters. The average Bonchev–Trinajstić information content (AvgIpc) is 2.57. The van der Waals surface area contributed by atoms with Gasteiger partial charge in [-0.05, 0) is 6.07 Å². The lowest BCUT2D eigenvalue weighted by Crippen LogP contribution is -2.62. The molecule has 9 heteroatoms. The minimum atomic E-state index is -1.29. The van der Waals surface area contributed by atoms with Crippen LogP contribution in [0, 0.1) is 10.1 Å². The second-order valence-corrected chi connectivity index (χ2v) is 5.34. The molecule has 0 aromatic heterocycles. The second kappa shape index (κ2) is 6.48. The molecule has 2 N–H and O–H groups in total. The van der Waals surface area contributed by atoms with Gasteiger partial charge in [-0.25, -0.2) is 0 Å². The molecule has 1 aromatic carbocycles. The van der Waals surface area contributed by atoms with Gasteiger partial charge in [0.25, 0.3) is 5.69 Å². The molecule has 2 heterocycles. The summed E-state index contributed by atoms with van der Waals surface area (Å²) in [5.74, 6) is 0. The maximum atomic E-state index is 11.1. The van der Waals surface area contributed by atoms with Crippen LogP contribution in [0.2, 0.25) is 0 Å². The smallest absolute Gasteiger partial charge is 0.277 e. The summed E-state index contributed by atoms with van der Waals surface area (Å²) in [6, 6.07) is 6.04. The highest BCUT2D eigenvalue weighted by molar-refractivity contribution is 5.40. The van der Waals surface area contributed by atoms with Gasteiger partial charge in [-0.1, -0.05) is 12.1 Å². The van der Waals surface area contributed by atoms with E-state index in [0.29, 0.717) is 0 Å². The quantitative estimate of drug-likeness (QED) is 0.592. The Morgan fingerprint density at radius 3 is 2.70 bits per heavy atom. The zero-order valence-electron chi connectivity index (χ0n) is 12.3. The third kappa shape index (κ3) is 2.94. The summed E-state index contributed by atoms with van der Waals surface area (Å²) in [6.07, 6.45) is -6.07. The van der Waals surface area contributed by atoms with Gasteiger partial charge in [0.2, 0.25) is 0 Å². The number of hydrogen-bond donors (Lipinski definition) is 2. The number of fused-ring (bicyclic) bond motifs is 1. The first-order valence-electron chi connectivity index (χ1n) is 7.07. The van der Waals surface area contributed by atoms with E-state index >= 15 is 0 Å². The zero-order chi connectivity index (χ0) is 16.6. The molecule has 23 heavy (non-hydrogen) atoms. The van der Waals surface area contributed by atoms with E-state index in [-0.39, 0.29) is 17.9 Å². The number of rotatable bonds is 3. The maximum absolute atomic E-state index is 11.1. The fourth-order valence-corrected chi connectivity index (χ4v) is 2.78. The standard InChI is InChI=1S/C14H17NO8/c1-20-14-11(17)10(16)12-9(22-14)6-21-13(23-12)7-4-2-3-5-8(7)15(18)19/h2-5,9-14,16-17H,6H2,1H3/t9-,10-,11-,12-,13?,14-/m1/s1. The average molecular weight is 327 g/mol. The Hall–Kier alpha value is -1.62. The van der Waals surface area contributed by atoms with E-state index in [2.05, 4.69) is 0 Å². The fraction of sp³-hybridized carbons (Fsp3) is 0.571. The van der Waals surface area contributed by atoms with Crippen molar-refractivity contribution in [3.63, 3.8) is 0 Å². The Labute approximate surface area is 131 Å². The summed E-state index contributed by atoms with van der Waals surface area (Å²) in [6.45, 7) is 0.0466. The van der Waals surface area contributed by atoms with Crippen LogP contribution in [0.5, 0.6) is 0 Å². The lowest BCUT2D eigenvalue weighted by Gasteiger charge is -2.45. The van der Waals surface area contributed by atoms with Crippen LogP contribution in [0.4, 0.5) is 5.69 Å². The SMILES string of the molecule is CO[C@@H]1O[C@@H]2COC(c3ccccc3[N+](=O)[O-])O[C@H]2[C@H](O)[C@H]1O. The molecule has 0 bridgehead atoms. The van der Waals surface area contributed by atoms with Crippen LogP contribution >= 0.6 is 0 Å². The number of nitrogens with zero attached hydrogens (tertiary/aromatic N) is 1. The van der Waals surface area contributed by atoms with Crippen LogP contribution in [0.25, 0.3) is 0 Å². The van der Waals surface area contributed by atoms with Gasteiger partial charge in [0, 0.05) is 13.2 Å². The van der Waals surface area contributed by atoms with Gasteiger partial charge in [0.1, 0.15) is 24.4 Å². The molecule has 2 aliphatic rings. The lowest BCUT2D eigenvalue weighted by atomic mass is 9.98. The molecule has 2 saturated heterocycles. The second-order valence-electron chi connectivity index (χ2n) is 5.34. The largest absolute Gasteiger partial charge is 0.387 e. The van der Waals surface area contributed by atoms with Crippen LogP contribution in [-0.4, -0.2) is 59.6 Å². The summed E-state index contributed by atoms with van der Waals surface area (Å²) in [5, 5.41) is 31.2. The number of benzene rings is 1. The first kappa shape index (κ1) is 16.2. The van der Waals surface area contributed by atoms with Gasteiger partial charge in [-0.2, -0.15) is 0 Å². The topological polar surface area (TPSA) is 121 Å². The van der Waals surface area contributed by atoms with Gasteiger partial charge in [-0.3, -0.25) is 10.1 Å². The lowest BCUT2D eigenvalue weighted by molar-refractivity contribution is -0.391. The Kier molecular flexibility index (Phi) is 4.57. The number of para-hydroxylation sites is 1. The first-order chi connectivity index (χ1) is 11.0. The summed E-state index contributed by atoms with van der Waals surface area (Å²) in [7, 11) is 1.35. The summed E-state index contributed by atoms with van der Waals surface area (Å²) < 4.78 is 21.5. The van der Waals surface area contributed by atoms with Crippen molar-refractivity contribution in [1.29, 1.82) is 0 Å². The Morgan fingerprint density at radius 2 is 2.00 bits per heavy atom. The monoisotopic (exact) mass is 327 g/mol. The molecule has 126 valence electrons. The summed E-state index contributed by atoms with van der Waals surface area (Å²) >= 11 is 0. The molecular formula is C14H17NO8. The van der Waals surface area contributed by atoms with Crippen molar-refractivity contribution in [1.82, 2.24) is 0 Å². The molecule has 0 radical (unpaired) electrons. The van der Waals surface area contributed by atoms with Crippen LogP contribution in [0.15, 0.2) is 24.3 Å². The van der Waals surface area contributed by atoms with E-state index < -0.39 is 41.9 Å². The third-order valence-electron chi connectivity index (χ3n) is 3.95. The fourth-order valence-electron chi connectivity index (χ4n) is 2.78. The highest BCUT2D eigenvalue weighted by Gasteiger charge is 2.49. The maximum Gasteiger partial charge on any atom is 0.277 e. The molecule has 0 amide bonds. The van der Waals surface area contributed by atoms with Crippen LogP contribution in [0.1, 0.15) is 11.9 Å². The summed E-state index contributed by atoms with van der Waals surface area (Å²) in [5.41, 5.74) is 0.101. The highest BCUT2D eigenvalue weighted by atomic mass is 16.8. The number of nitro benzene ring substituents is 1. The van der Waals surface area contributed by atoms with E-state index in [4.69, 9.17) is 18.9 Å². The molecule has 2 aliphatic heterocycles. The van der Waals surface area contributed by atoms with Crippen molar-refractivity contribution in [3.05, 3.63) is 39.9 Å². The van der Waals surface area contributed by atoms with Crippen LogP contribution in [0.3, 0.4) is 0 Å². The van der Waals surface area contributed by atoms with Gasteiger partial charge in [0.05, 0.1) is 17.1 Å². The van der Waals surface area contributed by atoms with E-state index in [0.717, 1.165) is 0 Å². The number of nitro groups is 1. The van der Waals surface area contributed by atoms with E-state index in [1.807, 2.05) is 0 Å². The molecule has 3 rings (SSSR count).